The van der Waals surface area contributed by atoms with Gasteiger partial charge in [0.2, 0.25) is 5.91 Å². The second-order valence-corrected chi connectivity index (χ2v) is 7.99. The van der Waals surface area contributed by atoms with E-state index < -0.39 is 5.76 Å². The van der Waals surface area contributed by atoms with E-state index in [0.29, 0.717) is 5.89 Å². The summed E-state index contributed by atoms with van der Waals surface area (Å²) in [4.78, 5) is 26.5. The van der Waals surface area contributed by atoms with Gasteiger partial charge in [0, 0.05) is 18.4 Å². The topological polar surface area (TPSA) is 81.6 Å². The summed E-state index contributed by atoms with van der Waals surface area (Å²) >= 11 is 1.45. The van der Waals surface area contributed by atoms with Gasteiger partial charge in [0.1, 0.15) is 6.54 Å². The van der Waals surface area contributed by atoms with Gasteiger partial charge in [0.25, 0.3) is 5.89 Å². The fraction of sp³-hybridized carbons (Fsp3) is 0.350. The number of aromatic nitrogens is 2. The highest BCUT2D eigenvalue weighted by atomic mass is 32.1. The van der Waals surface area contributed by atoms with Crippen molar-refractivity contribution in [2.45, 2.75) is 32.0 Å². The molecule has 2 aromatic heterocycles. The number of nitrogens with zero attached hydrogens (tertiary/aromatic N) is 2. The fourth-order valence-electron chi connectivity index (χ4n) is 3.55. The summed E-state index contributed by atoms with van der Waals surface area (Å²) in [6.45, 7) is 3.17. The molecule has 7 nitrogen and oxygen atoms in total. The van der Waals surface area contributed by atoms with Gasteiger partial charge in [0.05, 0.1) is 30.6 Å². The fourth-order valence-corrected chi connectivity index (χ4v) is 4.20. The van der Waals surface area contributed by atoms with Gasteiger partial charge >= 0.3 is 5.76 Å². The average Bonchev–Trinajstić information content (AvgIpc) is 3.43. The second kappa shape index (κ2) is 8.53. The van der Waals surface area contributed by atoms with Crippen LogP contribution in [0.1, 0.15) is 18.4 Å². The SMILES string of the molecule is O=C(CCn1nc(-c2cccs2)oc1=O)N[C@H]1CC[NH+](Cc2ccccc2)C1. The third kappa shape index (κ3) is 4.58. The molecule has 3 heterocycles. The first kappa shape index (κ1) is 18.6. The quantitative estimate of drug-likeness (QED) is 0.619. The molecule has 1 unspecified atom stereocenters. The summed E-state index contributed by atoms with van der Waals surface area (Å²) in [7, 11) is 0. The Kier molecular flexibility index (Phi) is 5.68. The number of benzene rings is 1. The smallest absolute Gasteiger partial charge is 0.387 e. The van der Waals surface area contributed by atoms with Gasteiger partial charge in [-0.1, -0.05) is 36.4 Å². The van der Waals surface area contributed by atoms with Gasteiger partial charge < -0.3 is 14.6 Å². The molecule has 1 amide bonds. The standard InChI is InChI=1S/C20H22N4O3S/c25-18(9-11-24-20(26)27-19(22-24)17-7-4-12-28-17)21-16-8-10-23(14-16)13-15-5-2-1-3-6-15/h1-7,12,16H,8-11,13-14H2,(H,21,25)/p+1/t16-/m0/s1. The van der Waals surface area contributed by atoms with E-state index in [9.17, 15) is 9.59 Å². The monoisotopic (exact) mass is 399 g/mol. The van der Waals surface area contributed by atoms with Crippen LogP contribution in [0.25, 0.3) is 10.8 Å². The lowest BCUT2D eigenvalue weighted by Crippen LogP contribution is -3.09. The van der Waals surface area contributed by atoms with Crippen LogP contribution in [0.4, 0.5) is 0 Å². The molecule has 2 N–H and O–H groups in total. The molecule has 4 rings (SSSR count). The number of aryl methyl sites for hydroxylation is 1. The van der Waals surface area contributed by atoms with E-state index in [2.05, 4.69) is 34.7 Å². The lowest BCUT2D eigenvalue weighted by atomic mass is 10.2. The van der Waals surface area contributed by atoms with E-state index in [4.69, 9.17) is 4.42 Å². The number of hydrogen-bond acceptors (Lipinski definition) is 5. The average molecular weight is 399 g/mol. The Hall–Kier alpha value is -2.71. The molecule has 2 atom stereocenters. The molecular weight excluding hydrogens is 376 g/mol. The molecule has 0 saturated carbocycles. The highest BCUT2D eigenvalue weighted by Gasteiger charge is 2.27. The van der Waals surface area contributed by atoms with Crippen LogP contribution in [0.3, 0.4) is 0 Å². The molecule has 1 aliphatic heterocycles. The van der Waals surface area contributed by atoms with Gasteiger partial charge in [-0.25, -0.2) is 4.79 Å². The van der Waals surface area contributed by atoms with Crippen LogP contribution in [0.5, 0.6) is 0 Å². The number of carbonyl (C=O) groups is 1. The Bertz CT molecular complexity index is 965. The first-order valence-electron chi connectivity index (χ1n) is 9.46. The molecule has 0 radical (unpaired) electrons. The zero-order valence-electron chi connectivity index (χ0n) is 15.5. The van der Waals surface area contributed by atoms with Crippen molar-refractivity contribution >= 4 is 17.2 Å². The zero-order chi connectivity index (χ0) is 19.3. The number of carbonyl (C=O) groups excluding carboxylic acids is 1. The van der Waals surface area contributed by atoms with Crippen LogP contribution in [0.15, 0.2) is 57.1 Å². The third-order valence-electron chi connectivity index (χ3n) is 4.93. The number of likely N-dealkylation sites (tertiary alicyclic amines) is 1. The number of rotatable bonds is 7. The molecule has 1 aliphatic rings. The van der Waals surface area contributed by atoms with Crippen LogP contribution in [0.2, 0.25) is 0 Å². The number of nitrogens with one attached hydrogen (secondary N) is 2. The first-order valence-corrected chi connectivity index (χ1v) is 10.3. The lowest BCUT2D eigenvalue weighted by molar-refractivity contribution is -0.901. The predicted molar refractivity (Wildman–Crippen MR) is 106 cm³/mol. The summed E-state index contributed by atoms with van der Waals surface area (Å²) in [5, 5.41) is 9.16. The minimum Gasteiger partial charge on any atom is -0.387 e. The van der Waals surface area contributed by atoms with Crippen molar-refractivity contribution in [3.05, 3.63) is 64.0 Å². The van der Waals surface area contributed by atoms with E-state index >= 15 is 0 Å². The van der Waals surface area contributed by atoms with Gasteiger partial charge in [-0.3, -0.25) is 4.79 Å². The predicted octanol–water partition coefficient (Wildman–Crippen LogP) is 0.929. The van der Waals surface area contributed by atoms with Crippen molar-refractivity contribution < 1.29 is 14.1 Å². The highest BCUT2D eigenvalue weighted by molar-refractivity contribution is 7.13. The Morgan fingerprint density at radius 3 is 2.93 bits per heavy atom. The first-order chi connectivity index (χ1) is 13.7. The van der Waals surface area contributed by atoms with Crippen LogP contribution in [0, 0.1) is 0 Å². The molecule has 8 heteroatoms. The largest absolute Gasteiger partial charge is 0.437 e. The Morgan fingerprint density at radius 2 is 2.14 bits per heavy atom. The normalized spacial score (nSPS) is 19.0. The molecule has 3 aromatic rings. The molecule has 0 spiro atoms. The molecule has 1 aromatic carbocycles. The van der Waals surface area contributed by atoms with Gasteiger partial charge in [-0.15, -0.1) is 16.4 Å². The Balaban J connectivity index is 1.25. The molecule has 146 valence electrons. The van der Waals surface area contributed by atoms with Crippen LogP contribution in [-0.4, -0.2) is 34.8 Å². The van der Waals surface area contributed by atoms with Gasteiger partial charge in [-0.05, 0) is 11.4 Å². The van der Waals surface area contributed by atoms with Crippen molar-refractivity contribution in [3.8, 4) is 10.8 Å². The lowest BCUT2D eigenvalue weighted by Gasteiger charge is -2.14. The molecule has 0 bridgehead atoms. The number of amides is 1. The summed E-state index contributed by atoms with van der Waals surface area (Å²) in [6.07, 6.45) is 1.18. The number of thiophene rings is 1. The van der Waals surface area contributed by atoms with Gasteiger partial charge in [0.15, 0.2) is 0 Å². The van der Waals surface area contributed by atoms with Crippen LogP contribution >= 0.6 is 11.3 Å². The number of quaternary nitrogens is 1. The minimum absolute atomic E-state index is 0.0569. The van der Waals surface area contributed by atoms with Crippen molar-refractivity contribution in [3.63, 3.8) is 0 Å². The van der Waals surface area contributed by atoms with E-state index in [0.717, 1.165) is 30.9 Å². The van der Waals surface area contributed by atoms with E-state index in [-0.39, 0.29) is 24.9 Å². The minimum atomic E-state index is -0.532. The Morgan fingerprint density at radius 1 is 1.29 bits per heavy atom. The number of hydrogen-bond donors (Lipinski definition) is 2. The molecule has 28 heavy (non-hydrogen) atoms. The van der Waals surface area contributed by atoms with E-state index in [1.165, 1.54) is 26.5 Å². The van der Waals surface area contributed by atoms with Crippen molar-refractivity contribution in [1.29, 1.82) is 0 Å². The molecule has 1 fully saturated rings. The van der Waals surface area contributed by atoms with Crippen LogP contribution in [-0.2, 0) is 17.9 Å². The highest BCUT2D eigenvalue weighted by Crippen LogP contribution is 2.21. The second-order valence-electron chi connectivity index (χ2n) is 7.04. The van der Waals surface area contributed by atoms with Gasteiger partial charge in [-0.2, -0.15) is 4.68 Å². The van der Waals surface area contributed by atoms with Crippen molar-refractivity contribution in [2.24, 2.45) is 0 Å². The van der Waals surface area contributed by atoms with E-state index in [1.807, 2.05) is 23.6 Å². The third-order valence-corrected chi connectivity index (χ3v) is 5.79. The Labute approximate surface area is 166 Å². The van der Waals surface area contributed by atoms with Crippen molar-refractivity contribution in [1.82, 2.24) is 15.1 Å². The summed E-state index contributed by atoms with van der Waals surface area (Å²) < 4.78 is 6.39. The maximum absolute atomic E-state index is 12.3. The van der Waals surface area contributed by atoms with E-state index in [1.54, 1.807) is 0 Å². The summed E-state index contributed by atoms with van der Waals surface area (Å²) in [5.41, 5.74) is 1.32. The maximum atomic E-state index is 12.3. The molecule has 0 aliphatic carbocycles. The maximum Gasteiger partial charge on any atom is 0.437 e. The summed E-state index contributed by atoms with van der Waals surface area (Å²) in [5.74, 6) is -0.287. The van der Waals surface area contributed by atoms with Crippen LogP contribution < -0.4 is 16.0 Å². The molecular formula is C20H23N4O3S+. The zero-order valence-corrected chi connectivity index (χ0v) is 16.3. The summed E-state index contributed by atoms with van der Waals surface area (Å²) in [6, 6.07) is 14.3. The molecule has 1 saturated heterocycles. The van der Waals surface area contributed by atoms with Crippen molar-refractivity contribution in [2.75, 3.05) is 13.1 Å².